The van der Waals surface area contributed by atoms with Crippen LogP contribution in [-0.4, -0.2) is 33.4 Å². The number of aliphatic imine (C=N–C) groups is 1. The summed E-state index contributed by atoms with van der Waals surface area (Å²) in [7, 11) is 0. The Labute approximate surface area is 166 Å². The highest BCUT2D eigenvalue weighted by Gasteiger charge is 2.19. The highest BCUT2D eigenvalue weighted by Crippen LogP contribution is 2.22. The molecule has 7 heteroatoms. The molecule has 0 aliphatic rings. The lowest BCUT2D eigenvalue weighted by Crippen LogP contribution is -2.38. The topological polar surface area (TPSA) is 79.8 Å². The third-order valence-corrected chi connectivity index (χ3v) is 4.41. The summed E-state index contributed by atoms with van der Waals surface area (Å²) in [6.45, 7) is 12.4. The zero-order chi connectivity index (χ0) is 20.1. The number of pyridine rings is 1. The van der Waals surface area contributed by atoms with Gasteiger partial charge >= 0.3 is 0 Å². The number of aromatic nitrogens is 3. The largest absolute Gasteiger partial charge is 0.443 e. The van der Waals surface area contributed by atoms with Gasteiger partial charge in [-0.2, -0.15) is 0 Å². The van der Waals surface area contributed by atoms with Crippen molar-refractivity contribution in [3.63, 3.8) is 0 Å². The molecule has 0 aliphatic carbocycles. The third-order valence-electron chi connectivity index (χ3n) is 4.41. The minimum Gasteiger partial charge on any atom is -0.443 e. The van der Waals surface area contributed by atoms with Crippen LogP contribution in [0, 0.1) is 6.92 Å². The molecule has 3 aromatic heterocycles. The fraction of sp³-hybridized carbons (Fsp3) is 0.476. The van der Waals surface area contributed by atoms with Gasteiger partial charge in [0, 0.05) is 37.3 Å². The molecule has 0 radical (unpaired) electrons. The van der Waals surface area contributed by atoms with Crippen molar-refractivity contribution in [3.05, 3.63) is 53.6 Å². The summed E-state index contributed by atoms with van der Waals surface area (Å²) in [5.41, 5.74) is 3.19. The van der Waals surface area contributed by atoms with Crippen LogP contribution in [0.2, 0.25) is 0 Å². The van der Waals surface area contributed by atoms with Crippen LogP contribution in [0.1, 0.15) is 50.6 Å². The number of nitrogens with zero attached hydrogens (tertiary/aromatic N) is 4. The monoisotopic (exact) mass is 382 g/mol. The standard InChI is InChI=1S/C21H30N6O/c1-6-22-20(25-13-18-24-12-17(28-18)21(3,4)5)23-10-9-16-14-27-11-7-8-15(2)19(27)26-16/h7-8,11-12,14H,6,9-10,13H2,1-5H3,(H2,22,23,25). The summed E-state index contributed by atoms with van der Waals surface area (Å²) in [4.78, 5) is 13.6. The molecular weight excluding hydrogens is 352 g/mol. The van der Waals surface area contributed by atoms with Crippen molar-refractivity contribution in [3.8, 4) is 0 Å². The smallest absolute Gasteiger partial charge is 0.216 e. The van der Waals surface area contributed by atoms with E-state index in [-0.39, 0.29) is 5.41 Å². The third kappa shape index (κ3) is 4.91. The summed E-state index contributed by atoms with van der Waals surface area (Å²) in [5.74, 6) is 2.24. The molecule has 0 spiro atoms. The van der Waals surface area contributed by atoms with Gasteiger partial charge in [0.05, 0.1) is 11.9 Å². The first-order chi connectivity index (χ1) is 13.4. The lowest BCUT2D eigenvalue weighted by atomic mass is 9.94. The van der Waals surface area contributed by atoms with E-state index in [4.69, 9.17) is 9.40 Å². The van der Waals surface area contributed by atoms with Crippen LogP contribution in [0.5, 0.6) is 0 Å². The number of imidazole rings is 1. The van der Waals surface area contributed by atoms with Crippen LogP contribution in [0.3, 0.4) is 0 Å². The van der Waals surface area contributed by atoms with E-state index in [1.807, 2.05) is 19.2 Å². The predicted octanol–water partition coefficient (Wildman–Crippen LogP) is 3.23. The SMILES string of the molecule is CCNC(=NCc1ncc(C(C)(C)C)o1)NCCc1cn2cccc(C)c2n1. The molecule has 0 saturated carbocycles. The molecule has 0 atom stereocenters. The van der Waals surface area contributed by atoms with Crippen LogP contribution in [0.25, 0.3) is 5.65 Å². The Balaban J connectivity index is 1.58. The lowest BCUT2D eigenvalue weighted by Gasteiger charge is -2.13. The average Bonchev–Trinajstić information content (AvgIpc) is 3.27. The zero-order valence-electron chi connectivity index (χ0n) is 17.4. The van der Waals surface area contributed by atoms with Gasteiger partial charge in [-0.05, 0) is 25.5 Å². The molecule has 0 bridgehead atoms. The first-order valence-corrected chi connectivity index (χ1v) is 9.77. The van der Waals surface area contributed by atoms with Crippen LogP contribution >= 0.6 is 0 Å². The van der Waals surface area contributed by atoms with Crippen LogP contribution < -0.4 is 10.6 Å². The lowest BCUT2D eigenvalue weighted by molar-refractivity contribution is 0.383. The predicted molar refractivity (Wildman–Crippen MR) is 112 cm³/mol. The minimum atomic E-state index is -0.0514. The molecule has 0 amide bonds. The number of guanidine groups is 1. The Morgan fingerprint density at radius 2 is 2.11 bits per heavy atom. The van der Waals surface area contributed by atoms with Gasteiger partial charge in [-0.3, -0.25) is 0 Å². The molecule has 3 rings (SSSR count). The highest BCUT2D eigenvalue weighted by atomic mass is 16.4. The van der Waals surface area contributed by atoms with Crippen LogP contribution in [-0.2, 0) is 18.4 Å². The minimum absolute atomic E-state index is 0.0514. The second-order valence-electron chi connectivity index (χ2n) is 7.89. The Morgan fingerprint density at radius 3 is 2.79 bits per heavy atom. The molecule has 0 unspecified atom stereocenters. The second kappa shape index (κ2) is 8.46. The van der Waals surface area contributed by atoms with E-state index < -0.39 is 0 Å². The van der Waals surface area contributed by atoms with Gasteiger partial charge < -0.3 is 19.5 Å². The Kier molecular flexibility index (Phi) is 6.02. The van der Waals surface area contributed by atoms with Crippen molar-refractivity contribution in [2.45, 2.75) is 53.0 Å². The van der Waals surface area contributed by atoms with Gasteiger partial charge in [0.1, 0.15) is 18.0 Å². The van der Waals surface area contributed by atoms with E-state index in [2.05, 4.69) is 65.0 Å². The van der Waals surface area contributed by atoms with Gasteiger partial charge in [-0.25, -0.2) is 15.0 Å². The van der Waals surface area contributed by atoms with E-state index in [9.17, 15) is 0 Å². The molecule has 0 aliphatic heterocycles. The fourth-order valence-corrected chi connectivity index (χ4v) is 2.85. The second-order valence-corrected chi connectivity index (χ2v) is 7.89. The number of nitrogens with one attached hydrogen (secondary N) is 2. The van der Waals surface area contributed by atoms with Gasteiger partial charge in [-0.15, -0.1) is 0 Å². The molecule has 0 saturated heterocycles. The maximum atomic E-state index is 5.81. The maximum absolute atomic E-state index is 5.81. The number of hydrogen-bond donors (Lipinski definition) is 2. The van der Waals surface area contributed by atoms with E-state index in [1.54, 1.807) is 6.20 Å². The number of rotatable bonds is 6. The first kappa shape index (κ1) is 19.9. The van der Waals surface area contributed by atoms with E-state index in [1.165, 1.54) is 5.56 Å². The van der Waals surface area contributed by atoms with E-state index >= 15 is 0 Å². The molecular formula is C21H30N6O. The molecule has 7 nitrogen and oxygen atoms in total. The Hall–Kier alpha value is -2.83. The summed E-state index contributed by atoms with van der Waals surface area (Å²) in [5, 5.41) is 6.61. The Morgan fingerprint density at radius 1 is 1.29 bits per heavy atom. The van der Waals surface area contributed by atoms with Gasteiger partial charge in [0.15, 0.2) is 5.96 Å². The number of fused-ring (bicyclic) bond motifs is 1. The van der Waals surface area contributed by atoms with Crippen LogP contribution in [0.4, 0.5) is 0 Å². The van der Waals surface area contributed by atoms with Gasteiger partial charge in [-0.1, -0.05) is 26.8 Å². The Bertz CT molecular complexity index is 947. The van der Waals surface area contributed by atoms with Crippen molar-refractivity contribution in [2.75, 3.05) is 13.1 Å². The molecule has 3 heterocycles. The van der Waals surface area contributed by atoms with Crippen molar-refractivity contribution in [1.29, 1.82) is 0 Å². The molecule has 3 aromatic rings. The first-order valence-electron chi connectivity index (χ1n) is 9.77. The zero-order valence-corrected chi connectivity index (χ0v) is 17.4. The molecule has 150 valence electrons. The van der Waals surface area contributed by atoms with Crippen molar-refractivity contribution in [1.82, 2.24) is 25.0 Å². The highest BCUT2D eigenvalue weighted by molar-refractivity contribution is 5.79. The van der Waals surface area contributed by atoms with E-state index in [0.29, 0.717) is 12.4 Å². The summed E-state index contributed by atoms with van der Waals surface area (Å²) < 4.78 is 7.88. The number of aryl methyl sites for hydroxylation is 1. The van der Waals surface area contributed by atoms with Gasteiger partial charge in [0.2, 0.25) is 5.89 Å². The molecule has 0 fully saturated rings. The van der Waals surface area contributed by atoms with E-state index in [0.717, 1.165) is 42.6 Å². The van der Waals surface area contributed by atoms with Crippen molar-refractivity contribution in [2.24, 2.45) is 4.99 Å². The quantitative estimate of drug-likeness (QED) is 0.505. The van der Waals surface area contributed by atoms with Crippen molar-refractivity contribution >= 4 is 11.6 Å². The van der Waals surface area contributed by atoms with Crippen molar-refractivity contribution < 1.29 is 4.42 Å². The molecule has 2 N–H and O–H groups in total. The molecule has 28 heavy (non-hydrogen) atoms. The summed E-state index contributed by atoms with van der Waals surface area (Å²) >= 11 is 0. The number of hydrogen-bond acceptors (Lipinski definition) is 4. The number of oxazole rings is 1. The summed E-state index contributed by atoms with van der Waals surface area (Å²) in [6.07, 6.45) is 6.71. The summed E-state index contributed by atoms with van der Waals surface area (Å²) in [6, 6.07) is 4.11. The van der Waals surface area contributed by atoms with Crippen LogP contribution in [0.15, 0.2) is 40.1 Å². The molecule has 0 aromatic carbocycles. The fourth-order valence-electron chi connectivity index (χ4n) is 2.85. The average molecular weight is 383 g/mol. The maximum Gasteiger partial charge on any atom is 0.216 e. The van der Waals surface area contributed by atoms with Gasteiger partial charge in [0.25, 0.3) is 0 Å². The normalized spacial score (nSPS) is 12.5.